The molecular formula is C14H14. The molecule has 1 aliphatic carbocycles. The van der Waals surface area contributed by atoms with Crippen molar-refractivity contribution in [1.82, 2.24) is 0 Å². The van der Waals surface area contributed by atoms with Crippen LogP contribution in [0, 0.1) is 6.92 Å². The molecule has 0 saturated carbocycles. The molecule has 1 aromatic carbocycles. The molecule has 2 rings (SSSR count). The van der Waals surface area contributed by atoms with E-state index in [4.69, 9.17) is 0 Å². The SMILES string of the molecule is Cc1ccccc1C1=CC=CCC=C1. The minimum absolute atomic E-state index is 1.03. The van der Waals surface area contributed by atoms with Crippen molar-refractivity contribution < 1.29 is 0 Å². The van der Waals surface area contributed by atoms with Gasteiger partial charge in [0.25, 0.3) is 0 Å². The second kappa shape index (κ2) is 4.10. The van der Waals surface area contributed by atoms with Crippen molar-refractivity contribution in [2.75, 3.05) is 0 Å². The number of allylic oxidation sites excluding steroid dienone is 6. The quantitative estimate of drug-likeness (QED) is 0.618. The minimum Gasteiger partial charge on any atom is -0.0807 e. The smallest absolute Gasteiger partial charge is 0.0155 e. The van der Waals surface area contributed by atoms with Gasteiger partial charge in [0.1, 0.15) is 0 Å². The Labute approximate surface area is 85.3 Å². The maximum absolute atomic E-state index is 2.20. The lowest BCUT2D eigenvalue weighted by molar-refractivity contribution is 1.40. The second-order valence-electron chi connectivity index (χ2n) is 3.50. The zero-order chi connectivity index (χ0) is 9.80. The van der Waals surface area contributed by atoms with E-state index in [2.05, 4.69) is 61.6 Å². The molecule has 0 unspecified atom stereocenters. The molecule has 70 valence electrons. The summed E-state index contributed by atoms with van der Waals surface area (Å²) in [4.78, 5) is 0. The number of benzene rings is 1. The summed E-state index contributed by atoms with van der Waals surface area (Å²) in [5.41, 5.74) is 3.96. The van der Waals surface area contributed by atoms with Crippen molar-refractivity contribution >= 4 is 5.57 Å². The summed E-state index contributed by atoms with van der Waals surface area (Å²) in [5.74, 6) is 0. The van der Waals surface area contributed by atoms with E-state index in [0.717, 1.165) is 6.42 Å². The number of aryl methyl sites for hydroxylation is 1. The predicted octanol–water partition coefficient (Wildman–Crippen LogP) is 3.89. The highest BCUT2D eigenvalue weighted by atomic mass is 14.0. The molecule has 0 aromatic heterocycles. The molecule has 14 heavy (non-hydrogen) atoms. The van der Waals surface area contributed by atoms with Gasteiger partial charge in [-0.05, 0) is 30.0 Å². The topological polar surface area (TPSA) is 0 Å². The number of hydrogen-bond donors (Lipinski definition) is 0. The van der Waals surface area contributed by atoms with Crippen LogP contribution in [0.4, 0.5) is 0 Å². The fraction of sp³-hybridized carbons (Fsp3) is 0.143. The highest BCUT2D eigenvalue weighted by Crippen LogP contribution is 2.21. The third-order valence-corrected chi connectivity index (χ3v) is 2.44. The third-order valence-electron chi connectivity index (χ3n) is 2.44. The third kappa shape index (κ3) is 1.85. The Balaban J connectivity index is 2.44. The monoisotopic (exact) mass is 182 g/mol. The van der Waals surface area contributed by atoms with E-state index in [-0.39, 0.29) is 0 Å². The molecule has 0 aliphatic heterocycles. The standard InChI is InChI=1S/C14H14/c1-12-8-6-7-11-14(12)13-9-4-2-3-5-10-13/h2,4-11H,3H2,1H3. The maximum Gasteiger partial charge on any atom is -0.0155 e. The van der Waals surface area contributed by atoms with Gasteiger partial charge in [-0.25, -0.2) is 0 Å². The molecule has 0 bridgehead atoms. The number of rotatable bonds is 1. The molecule has 0 saturated heterocycles. The van der Waals surface area contributed by atoms with Crippen LogP contribution in [0.2, 0.25) is 0 Å². The largest absolute Gasteiger partial charge is 0.0807 e. The average molecular weight is 182 g/mol. The molecule has 0 spiro atoms. The van der Waals surface area contributed by atoms with Gasteiger partial charge in [0.2, 0.25) is 0 Å². The van der Waals surface area contributed by atoms with Gasteiger partial charge in [0.05, 0.1) is 0 Å². The summed E-state index contributed by atoms with van der Waals surface area (Å²) < 4.78 is 0. The van der Waals surface area contributed by atoms with Crippen LogP contribution < -0.4 is 0 Å². The molecule has 0 heteroatoms. The normalized spacial score (nSPS) is 15.1. The predicted molar refractivity (Wildman–Crippen MR) is 62.1 cm³/mol. The van der Waals surface area contributed by atoms with E-state index >= 15 is 0 Å². The average Bonchev–Trinajstić information content (AvgIpc) is 2.47. The Morgan fingerprint density at radius 2 is 1.93 bits per heavy atom. The first-order valence-electron chi connectivity index (χ1n) is 4.97. The Morgan fingerprint density at radius 1 is 1.07 bits per heavy atom. The van der Waals surface area contributed by atoms with Crippen molar-refractivity contribution in [3.05, 3.63) is 65.8 Å². The summed E-state index contributed by atoms with van der Waals surface area (Å²) in [5, 5.41) is 0. The minimum atomic E-state index is 1.03. The first kappa shape index (κ1) is 9.01. The molecule has 0 fully saturated rings. The van der Waals surface area contributed by atoms with Crippen LogP contribution in [0.1, 0.15) is 17.5 Å². The Bertz CT molecular complexity index is 406. The van der Waals surface area contributed by atoms with Crippen LogP contribution in [-0.4, -0.2) is 0 Å². The summed E-state index contributed by atoms with van der Waals surface area (Å²) in [7, 11) is 0. The summed E-state index contributed by atoms with van der Waals surface area (Å²) >= 11 is 0. The molecule has 0 heterocycles. The highest BCUT2D eigenvalue weighted by Gasteiger charge is 2.00. The molecule has 0 atom stereocenters. The molecule has 1 aliphatic rings. The van der Waals surface area contributed by atoms with Gasteiger partial charge in [-0.2, -0.15) is 0 Å². The van der Waals surface area contributed by atoms with Crippen LogP contribution in [0.15, 0.2) is 54.6 Å². The lowest BCUT2D eigenvalue weighted by atomic mass is 10.0. The lowest BCUT2D eigenvalue weighted by Gasteiger charge is -2.05. The first-order valence-corrected chi connectivity index (χ1v) is 4.97. The van der Waals surface area contributed by atoms with E-state index in [1.807, 2.05) is 0 Å². The lowest BCUT2D eigenvalue weighted by Crippen LogP contribution is -1.84. The molecule has 0 radical (unpaired) electrons. The fourth-order valence-electron chi connectivity index (χ4n) is 1.66. The molecule has 0 amide bonds. The van der Waals surface area contributed by atoms with E-state index in [9.17, 15) is 0 Å². The molecule has 0 N–H and O–H groups in total. The maximum atomic E-state index is 2.20. The summed E-state index contributed by atoms with van der Waals surface area (Å²) in [6.45, 7) is 2.15. The highest BCUT2D eigenvalue weighted by molar-refractivity contribution is 5.77. The first-order chi connectivity index (χ1) is 6.88. The Hall–Kier alpha value is -1.56. The Kier molecular flexibility index (Phi) is 2.64. The van der Waals surface area contributed by atoms with Gasteiger partial charge in [-0.3, -0.25) is 0 Å². The van der Waals surface area contributed by atoms with Crippen molar-refractivity contribution in [1.29, 1.82) is 0 Å². The van der Waals surface area contributed by atoms with Crippen molar-refractivity contribution in [3.8, 4) is 0 Å². The van der Waals surface area contributed by atoms with Crippen molar-refractivity contribution in [2.24, 2.45) is 0 Å². The van der Waals surface area contributed by atoms with Crippen LogP contribution in [0.5, 0.6) is 0 Å². The zero-order valence-corrected chi connectivity index (χ0v) is 8.40. The molecular weight excluding hydrogens is 168 g/mol. The van der Waals surface area contributed by atoms with Crippen LogP contribution in [-0.2, 0) is 0 Å². The Morgan fingerprint density at radius 3 is 2.79 bits per heavy atom. The van der Waals surface area contributed by atoms with E-state index in [0.29, 0.717) is 0 Å². The van der Waals surface area contributed by atoms with Gasteiger partial charge in [0, 0.05) is 0 Å². The van der Waals surface area contributed by atoms with E-state index < -0.39 is 0 Å². The van der Waals surface area contributed by atoms with E-state index in [1.54, 1.807) is 0 Å². The van der Waals surface area contributed by atoms with Crippen molar-refractivity contribution in [2.45, 2.75) is 13.3 Å². The summed E-state index contributed by atoms with van der Waals surface area (Å²) in [6, 6.07) is 8.49. The summed E-state index contributed by atoms with van der Waals surface area (Å²) in [6.07, 6.45) is 11.9. The fourth-order valence-corrected chi connectivity index (χ4v) is 1.66. The second-order valence-corrected chi connectivity index (χ2v) is 3.50. The van der Waals surface area contributed by atoms with Gasteiger partial charge in [-0.15, -0.1) is 0 Å². The molecule has 1 aromatic rings. The van der Waals surface area contributed by atoms with Crippen LogP contribution in [0.25, 0.3) is 5.57 Å². The van der Waals surface area contributed by atoms with Crippen LogP contribution >= 0.6 is 0 Å². The van der Waals surface area contributed by atoms with Gasteiger partial charge < -0.3 is 0 Å². The van der Waals surface area contributed by atoms with Crippen LogP contribution in [0.3, 0.4) is 0 Å². The number of hydrogen-bond acceptors (Lipinski definition) is 0. The van der Waals surface area contributed by atoms with Gasteiger partial charge in [0.15, 0.2) is 0 Å². The zero-order valence-electron chi connectivity index (χ0n) is 8.40. The van der Waals surface area contributed by atoms with Gasteiger partial charge >= 0.3 is 0 Å². The van der Waals surface area contributed by atoms with E-state index in [1.165, 1.54) is 16.7 Å². The van der Waals surface area contributed by atoms with Crippen molar-refractivity contribution in [3.63, 3.8) is 0 Å². The van der Waals surface area contributed by atoms with Gasteiger partial charge in [-0.1, -0.05) is 54.6 Å². The molecule has 0 nitrogen and oxygen atoms in total.